The monoisotopic (exact) mass is 582 g/mol. The number of benzene rings is 8. The van der Waals surface area contributed by atoms with Crippen molar-refractivity contribution < 1.29 is 12.3 Å². The van der Waals surface area contributed by atoms with Crippen molar-refractivity contribution in [2.24, 2.45) is 0 Å². The highest BCUT2D eigenvalue weighted by molar-refractivity contribution is 5.99. The second kappa shape index (κ2) is 11.6. The van der Waals surface area contributed by atoms with Crippen LogP contribution in [0, 0.1) is 0 Å². The predicted octanol–water partition coefficient (Wildman–Crippen LogP) is 12.5. The molecule has 0 bridgehead atoms. The van der Waals surface area contributed by atoms with Crippen molar-refractivity contribution in [3.8, 4) is 33.4 Å². The van der Waals surface area contributed by atoms with Crippen molar-refractivity contribution in [3.05, 3.63) is 188 Å². The summed E-state index contributed by atoms with van der Waals surface area (Å²) in [5, 5.41) is 4.24. The molecule has 0 aliphatic heterocycles. The van der Waals surface area contributed by atoms with Gasteiger partial charge in [-0.25, -0.2) is 0 Å². The highest BCUT2D eigenvalue weighted by atomic mass is 15.1. The number of fused-ring (bicyclic) bond motifs is 2. The molecule has 1 heteroatoms. The Hall–Kier alpha value is -5.92. The second-order valence-electron chi connectivity index (χ2n) is 10.7. The molecule has 45 heavy (non-hydrogen) atoms. The van der Waals surface area contributed by atoms with E-state index in [-0.39, 0.29) is 16.8 Å². The largest absolute Gasteiger partial charge is 0.310 e. The number of hydrogen-bond donors (Lipinski definition) is 0. The summed E-state index contributed by atoms with van der Waals surface area (Å²) >= 11 is 0. The van der Waals surface area contributed by atoms with Crippen LogP contribution in [-0.2, 0) is 0 Å². The first-order chi connectivity index (χ1) is 26.1. The molecule has 0 saturated carbocycles. The van der Waals surface area contributed by atoms with E-state index in [1.54, 1.807) is 4.90 Å². The van der Waals surface area contributed by atoms with Gasteiger partial charge in [-0.05, 0) is 91.3 Å². The van der Waals surface area contributed by atoms with Crippen LogP contribution in [0.4, 0.5) is 17.1 Å². The molecule has 0 heterocycles. The summed E-state index contributed by atoms with van der Waals surface area (Å²) in [7, 11) is 0. The zero-order valence-electron chi connectivity index (χ0n) is 33.1. The summed E-state index contributed by atoms with van der Waals surface area (Å²) in [4.78, 5) is 1.70. The summed E-state index contributed by atoms with van der Waals surface area (Å²) in [5.41, 5.74) is 4.08. The molecule has 0 N–H and O–H groups in total. The van der Waals surface area contributed by atoms with E-state index in [4.69, 9.17) is 6.85 Å². The fourth-order valence-corrected chi connectivity index (χ4v) is 5.90. The fraction of sp³-hybridized carbons (Fsp3) is 0. The Balaban J connectivity index is 1.39. The Morgan fingerprint density at radius 1 is 0.356 bits per heavy atom. The molecular formula is C44H31N. The molecule has 0 aliphatic carbocycles. The van der Waals surface area contributed by atoms with E-state index in [9.17, 15) is 5.48 Å². The molecule has 0 atom stereocenters. The van der Waals surface area contributed by atoms with Crippen molar-refractivity contribution in [1.82, 2.24) is 0 Å². The quantitative estimate of drug-likeness (QED) is 0.188. The molecule has 0 aromatic heterocycles. The summed E-state index contributed by atoms with van der Waals surface area (Å²) in [5.74, 6) is 0. The molecule has 0 fully saturated rings. The Labute approximate surface area is 276 Å². The minimum absolute atomic E-state index is 0.0498. The van der Waals surface area contributed by atoms with Crippen LogP contribution in [-0.4, -0.2) is 0 Å². The minimum atomic E-state index is -0.621. The highest BCUT2D eigenvalue weighted by Crippen LogP contribution is 2.40. The summed E-state index contributed by atoms with van der Waals surface area (Å²) in [6.45, 7) is 0. The van der Waals surface area contributed by atoms with Crippen LogP contribution >= 0.6 is 0 Å². The van der Waals surface area contributed by atoms with Crippen molar-refractivity contribution in [2.75, 3.05) is 4.90 Å². The standard InChI is InChI=1S/C44H31N/c1-2-12-32(13-3-1)33-26-28-38(29-27-33)45(39-20-8-18-36(30-39)43-24-10-16-34-14-4-6-22-41(34)43)40-21-9-19-37(31-40)44-25-11-17-35-15-5-7-23-42(35)44/h1-31H/i1D,2D,3D,12D,13D,26D,27D,28D,29D. The lowest BCUT2D eigenvalue weighted by Gasteiger charge is -2.27. The van der Waals surface area contributed by atoms with Gasteiger partial charge < -0.3 is 4.90 Å². The first kappa shape index (κ1) is 18.7. The molecule has 0 spiro atoms. The van der Waals surface area contributed by atoms with E-state index in [1.807, 2.05) is 97.1 Å². The second-order valence-corrected chi connectivity index (χ2v) is 10.7. The minimum Gasteiger partial charge on any atom is -0.310 e. The van der Waals surface area contributed by atoms with Gasteiger partial charge in [0.15, 0.2) is 0 Å². The van der Waals surface area contributed by atoms with Crippen LogP contribution in [0.15, 0.2) is 188 Å². The van der Waals surface area contributed by atoms with Crippen molar-refractivity contribution >= 4 is 38.6 Å². The maximum Gasteiger partial charge on any atom is 0.0645 e. The van der Waals surface area contributed by atoms with E-state index in [2.05, 4.69) is 36.4 Å². The van der Waals surface area contributed by atoms with Gasteiger partial charge >= 0.3 is 0 Å². The normalized spacial score (nSPS) is 13.9. The van der Waals surface area contributed by atoms with Crippen molar-refractivity contribution in [2.45, 2.75) is 0 Å². The van der Waals surface area contributed by atoms with E-state index in [0.29, 0.717) is 11.4 Å². The third-order valence-corrected chi connectivity index (χ3v) is 8.00. The van der Waals surface area contributed by atoms with Crippen LogP contribution in [0.5, 0.6) is 0 Å². The fourth-order valence-electron chi connectivity index (χ4n) is 5.90. The van der Waals surface area contributed by atoms with Gasteiger partial charge in [0, 0.05) is 17.1 Å². The van der Waals surface area contributed by atoms with Crippen LogP contribution in [0.1, 0.15) is 12.3 Å². The van der Waals surface area contributed by atoms with E-state index in [0.717, 1.165) is 43.8 Å². The number of nitrogens with zero attached hydrogens (tertiary/aromatic N) is 1. The van der Waals surface area contributed by atoms with E-state index >= 15 is 0 Å². The van der Waals surface area contributed by atoms with Crippen LogP contribution < -0.4 is 4.90 Å². The lowest BCUT2D eigenvalue weighted by Crippen LogP contribution is -2.10. The molecule has 0 radical (unpaired) electrons. The van der Waals surface area contributed by atoms with Crippen LogP contribution in [0.2, 0.25) is 0 Å². The van der Waals surface area contributed by atoms with Crippen LogP contribution in [0.25, 0.3) is 54.9 Å². The highest BCUT2D eigenvalue weighted by Gasteiger charge is 2.16. The zero-order valence-corrected chi connectivity index (χ0v) is 24.1. The molecule has 0 unspecified atom stereocenters. The Kier molecular flexibility index (Phi) is 4.83. The third kappa shape index (κ3) is 5.15. The van der Waals surface area contributed by atoms with E-state index < -0.39 is 54.4 Å². The maximum absolute atomic E-state index is 9.41. The Bertz CT molecular complexity index is 2610. The van der Waals surface area contributed by atoms with E-state index in [1.165, 1.54) is 0 Å². The topological polar surface area (TPSA) is 3.24 Å². The SMILES string of the molecule is [2H]c1c([2H])c([2H])c(-c2c([2H])c([2H])c(N(c3cccc(-c4cccc5ccccc45)c3)c3cccc(-c4cccc5ccccc45)c3)c([2H])c2[2H])c([2H])c1[2H]. The molecule has 212 valence electrons. The van der Waals surface area contributed by atoms with Gasteiger partial charge in [-0.1, -0.05) is 151 Å². The molecule has 8 aromatic rings. The molecule has 8 rings (SSSR count). The van der Waals surface area contributed by atoms with Gasteiger partial charge in [-0.2, -0.15) is 0 Å². The average Bonchev–Trinajstić information content (AvgIpc) is 3.21. The van der Waals surface area contributed by atoms with Gasteiger partial charge in [0.1, 0.15) is 0 Å². The summed E-state index contributed by atoms with van der Waals surface area (Å²) in [6, 6.07) is 38.8. The Morgan fingerprint density at radius 2 is 0.822 bits per heavy atom. The lowest BCUT2D eigenvalue weighted by molar-refractivity contribution is 1.28. The lowest BCUT2D eigenvalue weighted by atomic mass is 9.97. The van der Waals surface area contributed by atoms with Crippen molar-refractivity contribution in [3.63, 3.8) is 0 Å². The first-order valence-electron chi connectivity index (χ1n) is 19.2. The van der Waals surface area contributed by atoms with Gasteiger partial charge in [0.2, 0.25) is 0 Å². The van der Waals surface area contributed by atoms with Crippen molar-refractivity contribution in [1.29, 1.82) is 0 Å². The molecule has 1 nitrogen and oxygen atoms in total. The van der Waals surface area contributed by atoms with Gasteiger partial charge in [-0.15, -0.1) is 0 Å². The van der Waals surface area contributed by atoms with Gasteiger partial charge in [0.25, 0.3) is 0 Å². The maximum atomic E-state index is 9.41. The summed E-state index contributed by atoms with van der Waals surface area (Å²) < 4.78 is 78.8. The predicted molar refractivity (Wildman–Crippen MR) is 192 cm³/mol. The molecule has 0 aliphatic rings. The number of hydrogen-bond acceptors (Lipinski definition) is 1. The van der Waals surface area contributed by atoms with Gasteiger partial charge in [-0.3, -0.25) is 0 Å². The summed E-state index contributed by atoms with van der Waals surface area (Å²) in [6.07, 6.45) is 0. The number of rotatable bonds is 6. The smallest absolute Gasteiger partial charge is 0.0645 e. The van der Waals surface area contributed by atoms with Gasteiger partial charge in [0.05, 0.1) is 12.3 Å². The number of anilines is 3. The molecular weight excluding hydrogens is 542 g/mol. The van der Waals surface area contributed by atoms with Crippen LogP contribution in [0.3, 0.4) is 0 Å². The first-order valence-corrected chi connectivity index (χ1v) is 14.7. The average molecular weight is 583 g/mol. The molecule has 0 amide bonds. The third-order valence-electron chi connectivity index (χ3n) is 8.00. The Morgan fingerprint density at radius 3 is 1.38 bits per heavy atom. The molecule has 0 saturated heterocycles. The molecule has 8 aromatic carbocycles. The zero-order chi connectivity index (χ0) is 37.8.